The van der Waals surface area contributed by atoms with E-state index in [9.17, 15) is 8.42 Å². The highest BCUT2D eigenvalue weighted by Gasteiger charge is 2.17. The lowest BCUT2D eigenvalue weighted by atomic mass is 10.2. The molecule has 0 atom stereocenters. The second-order valence-corrected chi connectivity index (χ2v) is 6.59. The Morgan fingerprint density at radius 1 is 1.14 bits per heavy atom. The van der Waals surface area contributed by atoms with Crippen LogP contribution < -0.4 is 9.46 Å². The molecular weight excluding hydrogens is 326 g/mol. The van der Waals surface area contributed by atoms with E-state index in [1.807, 2.05) is 0 Å². The maximum Gasteiger partial charge on any atom is 0.261 e. The molecule has 22 heavy (non-hydrogen) atoms. The normalized spacial score (nSPS) is 11.2. The van der Waals surface area contributed by atoms with Crippen LogP contribution in [0, 0.1) is 0 Å². The number of anilines is 1. The molecular formula is C15H16ClNO4S. The number of methoxy groups -OCH3 is 2. The summed E-state index contributed by atoms with van der Waals surface area (Å²) in [5.41, 5.74) is 0.986. The molecule has 2 aromatic carbocycles. The first kappa shape index (κ1) is 16.6. The molecule has 0 heterocycles. The fourth-order valence-electron chi connectivity index (χ4n) is 1.92. The van der Waals surface area contributed by atoms with Crippen LogP contribution in [0.5, 0.6) is 5.75 Å². The Hall–Kier alpha value is -1.76. The SMILES string of the molecule is COCc1cc(Cl)c(OC)cc1NS(=O)(=O)c1ccccc1. The van der Waals surface area contributed by atoms with Gasteiger partial charge in [0.05, 0.1) is 29.3 Å². The van der Waals surface area contributed by atoms with Gasteiger partial charge in [0.15, 0.2) is 0 Å². The van der Waals surface area contributed by atoms with E-state index in [4.69, 9.17) is 21.1 Å². The van der Waals surface area contributed by atoms with Gasteiger partial charge in [-0.25, -0.2) is 8.42 Å². The van der Waals surface area contributed by atoms with Crippen molar-refractivity contribution >= 4 is 27.3 Å². The number of hydrogen-bond donors (Lipinski definition) is 1. The first-order valence-corrected chi connectivity index (χ1v) is 8.27. The molecule has 0 saturated heterocycles. The molecule has 118 valence electrons. The Morgan fingerprint density at radius 3 is 2.41 bits per heavy atom. The van der Waals surface area contributed by atoms with E-state index in [2.05, 4.69) is 4.72 Å². The van der Waals surface area contributed by atoms with Gasteiger partial charge in [0, 0.05) is 18.7 Å². The maximum absolute atomic E-state index is 12.4. The summed E-state index contributed by atoms with van der Waals surface area (Å²) in [6, 6.07) is 11.3. The van der Waals surface area contributed by atoms with Gasteiger partial charge in [-0.3, -0.25) is 4.72 Å². The average molecular weight is 342 g/mol. The van der Waals surface area contributed by atoms with Crippen molar-refractivity contribution in [1.82, 2.24) is 0 Å². The topological polar surface area (TPSA) is 64.6 Å². The van der Waals surface area contributed by atoms with Gasteiger partial charge in [0.25, 0.3) is 10.0 Å². The number of sulfonamides is 1. The van der Waals surface area contributed by atoms with Gasteiger partial charge in [-0.15, -0.1) is 0 Å². The van der Waals surface area contributed by atoms with Crippen molar-refractivity contribution in [3.05, 3.63) is 53.1 Å². The molecule has 7 heteroatoms. The minimum absolute atomic E-state index is 0.173. The van der Waals surface area contributed by atoms with Crippen molar-refractivity contribution in [3.63, 3.8) is 0 Å². The van der Waals surface area contributed by atoms with Gasteiger partial charge >= 0.3 is 0 Å². The van der Waals surface area contributed by atoms with Gasteiger partial charge in [-0.2, -0.15) is 0 Å². The minimum Gasteiger partial charge on any atom is -0.495 e. The molecule has 0 fully saturated rings. The number of nitrogens with one attached hydrogen (secondary N) is 1. The van der Waals surface area contributed by atoms with E-state index in [1.54, 1.807) is 24.3 Å². The fraction of sp³-hybridized carbons (Fsp3) is 0.200. The lowest BCUT2D eigenvalue weighted by Gasteiger charge is -2.15. The molecule has 0 bridgehead atoms. The number of ether oxygens (including phenoxy) is 2. The molecule has 0 amide bonds. The third-order valence-corrected chi connectivity index (χ3v) is 4.65. The van der Waals surface area contributed by atoms with E-state index in [1.165, 1.54) is 32.4 Å². The van der Waals surface area contributed by atoms with Crippen molar-refractivity contribution in [2.45, 2.75) is 11.5 Å². The van der Waals surface area contributed by atoms with Crippen molar-refractivity contribution in [3.8, 4) is 5.75 Å². The number of hydrogen-bond acceptors (Lipinski definition) is 4. The van der Waals surface area contributed by atoms with Crippen LogP contribution >= 0.6 is 11.6 Å². The van der Waals surface area contributed by atoms with Crippen LogP contribution in [0.1, 0.15) is 5.56 Å². The molecule has 0 aliphatic rings. The van der Waals surface area contributed by atoms with E-state index in [0.717, 1.165) is 0 Å². The van der Waals surface area contributed by atoms with Crippen molar-refractivity contribution in [1.29, 1.82) is 0 Å². The Balaban J connectivity index is 2.43. The summed E-state index contributed by atoms with van der Waals surface area (Å²) in [6.45, 7) is 0.219. The minimum atomic E-state index is -3.70. The van der Waals surface area contributed by atoms with E-state index in [0.29, 0.717) is 22.0 Å². The van der Waals surface area contributed by atoms with Crippen LogP contribution in [0.25, 0.3) is 0 Å². The van der Waals surface area contributed by atoms with Gasteiger partial charge in [0.1, 0.15) is 5.75 Å². The second-order valence-electron chi connectivity index (χ2n) is 4.50. The molecule has 2 aromatic rings. The Labute approximate surface area is 134 Å². The van der Waals surface area contributed by atoms with Crippen LogP contribution in [-0.2, 0) is 21.4 Å². The summed E-state index contributed by atoms with van der Waals surface area (Å²) >= 11 is 6.07. The second kappa shape index (κ2) is 7.00. The van der Waals surface area contributed by atoms with Crippen LogP contribution in [-0.4, -0.2) is 22.6 Å². The summed E-state index contributed by atoms with van der Waals surface area (Å²) in [7, 11) is -0.710. The molecule has 0 aliphatic carbocycles. The molecule has 0 radical (unpaired) electrons. The van der Waals surface area contributed by atoms with Gasteiger partial charge in [-0.05, 0) is 18.2 Å². The highest BCUT2D eigenvalue weighted by atomic mass is 35.5. The van der Waals surface area contributed by atoms with Crippen molar-refractivity contribution in [2.24, 2.45) is 0 Å². The predicted molar refractivity (Wildman–Crippen MR) is 86.0 cm³/mol. The van der Waals surface area contributed by atoms with E-state index < -0.39 is 10.0 Å². The summed E-state index contributed by atoms with van der Waals surface area (Å²) < 4.78 is 37.6. The molecule has 5 nitrogen and oxygen atoms in total. The smallest absolute Gasteiger partial charge is 0.261 e. The standard InChI is InChI=1S/C15H16ClNO4S/c1-20-10-11-8-13(16)15(21-2)9-14(11)17-22(18,19)12-6-4-3-5-7-12/h3-9,17H,10H2,1-2H3. The van der Waals surface area contributed by atoms with Crippen molar-refractivity contribution < 1.29 is 17.9 Å². The summed E-state index contributed by atoms with van der Waals surface area (Å²) in [5.74, 6) is 0.382. The zero-order valence-corrected chi connectivity index (χ0v) is 13.7. The molecule has 0 spiro atoms. The molecule has 2 rings (SSSR count). The summed E-state index contributed by atoms with van der Waals surface area (Å²) in [5, 5.41) is 0.386. The Morgan fingerprint density at radius 2 is 1.82 bits per heavy atom. The first-order valence-electron chi connectivity index (χ1n) is 6.41. The lowest BCUT2D eigenvalue weighted by molar-refractivity contribution is 0.185. The van der Waals surface area contributed by atoms with Gasteiger partial charge < -0.3 is 9.47 Å². The largest absolute Gasteiger partial charge is 0.495 e. The zero-order valence-electron chi connectivity index (χ0n) is 12.2. The van der Waals surface area contributed by atoms with Crippen LogP contribution in [0.4, 0.5) is 5.69 Å². The zero-order chi connectivity index (χ0) is 16.2. The summed E-state index contributed by atoms with van der Waals surface area (Å²) in [6.07, 6.45) is 0. The molecule has 1 N–H and O–H groups in total. The highest BCUT2D eigenvalue weighted by Crippen LogP contribution is 2.32. The van der Waals surface area contributed by atoms with Crippen LogP contribution in [0.2, 0.25) is 5.02 Å². The number of halogens is 1. The van der Waals surface area contributed by atoms with Crippen molar-refractivity contribution in [2.75, 3.05) is 18.9 Å². The summed E-state index contributed by atoms with van der Waals surface area (Å²) in [4.78, 5) is 0.173. The third-order valence-electron chi connectivity index (χ3n) is 2.98. The Kier molecular flexibility index (Phi) is 5.28. The van der Waals surface area contributed by atoms with E-state index >= 15 is 0 Å². The van der Waals surface area contributed by atoms with Gasteiger partial charge in [-0.1, -0.05) is 29.8 Å². The fourth-order valence-corrected chi connectivity index (χ4v) is 3.30. The number of rotatable bonds is 6. The number of benzene rings is 2. The Bertz CT molecular complexity index is 748. The molecule has 0 unspecified atom stereocenters. The predicted octanol–water partition coefficient (Wildman–Crippen LogP) is 3.30. The molecule has 0 saturated carbocycles. The maximum atomic E-state index is 12.4. The highest BCUT2D eigenvalue weighted by molar-refractivity contribution is 7.92. The monoisotopic (exact) mass is 341 g/mol. The van der Waals surface area contributed by atoms with Gasteiger partial charge in [0.2, 0.25) is 0 Å². The van der Waals surface area contributed by atoms with Crippen LogP contribution in [0.3, 0.4) is 0 Å². The quantitative estimate of drug-likeness (QED) is 0.875. The first-order chi connectivity index (χ1) is 10.5. The van der Waals surface area contributed by atoms with Crippen LogP contribution in [0.15, 0.2) is 47.4 Å². The van der Waals surface area contributed by atoms with E-state index in [-0.39, 0.29) is 11.5 Å². The lowest BCUT2D eigenvalue weighted by Crippen LogP contribution is -2.14. The molecule has 0 aliphatic heterocycles. The third kappa shape index (κ3) is 3.71. The average Bonchev–Trinajstić information content (AvgIpc) is 2.51. The molecule has 0 aromatic heterocycles.